The summed E-state index contributed by atoms with van der Waals surface area (Å²) in [5.41, 5.74) is 10.6. The maximum absolute atomic E-state index is 5.28. The molecule has 4 radical (unpaired) electrons. The van der Waals surface area contributed by atoms with Crippen LogP contribution in [-0.4, -0.2) is 131 Å². The smallest absolute Gasteiger partial charge is 0 e. The maximum atomic E-state index is 5.28. The molecule has 0 aliphatic rings. The first kappa shape index (κ1) is 29.7. The van der Waals surface area contributed by atoms with E-state index in [2.05, 4.69) is 0 Å². The molecule has 2 nitrogen and oxygen atoms in total. The third-order valence-corrected chi connectivity index (χ3v) is 1.16. The minimum atomic E-state index is 0. The second-order valence-electron chi connectivity index (χ2n) is 1.99. The van der Waals surface area contributed by atoms with Crippen molar-refractivity contribution in [2.45, 2.75) is 25.7 Å². The Hall–Kier alpha value is 3.92. The molecule has 0 spiro atoms. The van der Waals surface area contributed by atoms with Crippen molar-refractivity contribution in [1.29, 1.82) is 0 Å². The third kappa shape index (κ3) is 29.2. The van der Waals surface area contributed by atoms with Crippen LogP contribution in [0.2, 0.25) is 0 Å². The minimum Gasteiger partial charge on any atom is -0.330 e. The molecule has 0 amide bonds. The largest absolute Gasteiger partial charge is 0.330 e. The molecule has 0 aromatic rings. The van der Waals surface area contributed by atoms with Crippen LogP contribution < -0.4 is 11.5 Å². The fourth-order valence-corrected chi connectivity index (χ4v) is 0.642. The van der Waals surface area contributed by atoms with Crippen LogP contribution >= 0.6 is 0 Å². The van der Waals surface area contributed by atoms with Gasteiger partial charge >= 0.3 is 0 Å². The monoisotopic (exact) mass is 208 g/mol. The summed E-state index contributed by atoms with van der Waals surface area (Å²) in [6, 6.07) is 0. The van der Waals surface area contributed by atoms with Crippen LogP contribution in [0, 0.1) is 0 Å². The molecule has 0 saturated heterocycles. The Balaban J connectivity index is -0.0000000408. The summed E-state index contributed by atoms with van der Waals surface area (Å²) in [6.07, 6.45) is 4.79. The molecule has 12 heavy (non-hydrogen) atoms. The number of unbranched alkanes of at least 4 members (excludes halogenated alkanes) is 3. The first-order chi connectivity index (χ1) is 3.91. The molecule has 0 aliphatic heterocycles. The summed E-state index contributed by atoms with van der Waals surface area (Å²) in [5.74, 6) is 0. The molecule has 54 valence electrons. The Kier molecular flexibility index (Phi) is 72.8. The van der Waals surface area contributed by atoms with Gasteiger partial charge in [0.2, 0.25) is 0 Å². The van der Waals surface area contributed by atoms with E-state index in [1.165, 1.54) is 12.8 Å². The number of nitrogens with two attached hydrogens (primary N) is 2. The Morgan fingerprint density at radius 3 is 0.917 bits per heavy atom. The number of rotatable bonds is 5. The van der Waals surface area contributed by atoms with Crippen LogP contribution in [0.1, 0.15) is 25.7 Å². The van der Waals surface area contributed by atoms with Crippen molar-refractivity contribution >= 4 is 118 Å². The van der Waals surface area contributed by atoms with E-state index in [4.69, 9.17) is 11.5 Å². The molecule has 4 N–H and O–H groups in total. The molecule has 0 saturated carbocycles. The van der Waals surface area contributed by atoms with Crippen molar-refractivity contribution in [3.05, 3.63) is 0 Å². The predicted octanol–water partition coefficient (Wildman–Crippen LogP) is -1.06. The summed E-state index contributed by atoms with van der Waals surface area (Å²) in [4.78, 5) is 0. The van der Waals surface area contributed by atoms with E-state index in [0.29, 0.717) is 0 Å². The second-order valence-corrected chi connectivity index (χ2v) is 1.99. The molecule has 0 bridgehead atoms. The summed E-state index contributed by atoms with van der Waals surface area (Å²) in [5, 5.41) is 0. The van der Waals surface area contributed by atoms with Gasteiger partial charge in [0.15, 0.2) is 0 Å². The van der Waals surface area contributed by atoms with Crippen LogP contribution in [0.4, 0.5) is 0 Å². The maximum Gasteiger partial charge on any atom is 0 e. The van der Waals surface area contributed by atoms with Crippen LogP contribution in [-0.2, 0) is 0 Å². The van der Waals surface area contributed by atoms with Gasteiger partial charge in [0, 0.05) is 118 Å². The standard InChI is InChI=1S/C6H16N2.4Na/c7-5-3-1-2-4-6-8;;;;/h1-8H2;;;;. The van der Waals surface area contributed by atoms with Gasteiger partial charge in [0.25, 0.3) is 0 Å². The van der Waals surface area contributed by atoms with Crippen molar-refractivity contribution in [3.63, 3.8) is 0 Å². The van der Waals surface area contributed by atoms with Crippen molar-refractivity contribution < 1.29 is 0 Å². The molecule has 0 atom stereocenters. The van der Waals surface area contributed by atoms with Crippen molar-refractivity contribution in [1.82, 2.24) is 0 Å². The van der Waals surface area contributed by atoms with E-state index >= 15 is 0 Å². The van der Waals surface area contributed by atoms with Gasteiger partial charge in [-0.05, 0) is 25.9 Å². The van der Waals surface area contributed by atoms with E-state index in [1.807, 2.05) is 0 Å². The van der Waals surface area contributed by atoms with Gasteiger partial charge in [0.05, 0.1) is 0 Å². The molecule has 0 heterocycles. The van der Waals surface area contributed by atoms with Crippen LogP contribution in [0.15, 0.2) is 0 Å². The molecule has 0 aromatic carbocycles. The zero-order valence-corrected chi connectivity index (χ0v) is 17.4. The summed E-state index contributed by atoms with van der Waals surface area (Å²) < 4.78 is 0. The second kappa shape index (κ2) is 29.4. The van der Waals surface area contributed by atoms with E-state index in [-0.39, 0.29) is 118 Å². The van der Waals surface area contributed by atoms with Gasteiger partial charge in [-0.3, -0.25) is 0 Å². The average molecular weight is 208 g/mol. The Labute approximate surface area is 165 Å². The summed E-state index contributed by atoms with van der Waals surface area (Å²) >= 11 is 0. The Morgan fingerprint density at radius 1 is 0.500 bits per heavy atom. The molecule has 6 heteroatoms. The number of hydrogen-bond donors (Lipinski definition) is 2. The molecule has 0 aromatic heterocycles. The molecule has 0 aliphatic carbocycles. The van der Waals surface area contributed by atoms with Crippen molar-refractivity contribution in [2.24, 2.45) is 11.5 Å². The van der Waals surface area contributed by atoms with E-state index in [0.717, 1.165) is 25.9 Å². The van der Waals surface area contributed by atoms with Gasteiger partial charge in [-0.15, -0.1) is 0 Å². The van der Waals surface area contributed by atoms with Crippen LogP contribution in [0.25, 0.3) is 0 Å². The Bertz CT molecular complexity index is 42.5. The van der Waals surface area contributed by atoms with Gasteiger partial charge < -0.3 is 11.5 Å². The van der Waals surface area contributed by atoms with E-state index < -0.39 is 0 Å². The van der Waals surface area contributed by atoms with Gasteiger partial charge in [-0.25, -0.2) is 0 Å². The zero-order valence-electron chi connectivity index (χ0n) is 9.40. The normalized spacial score (nSPS) is 6.50. The molecule has 0 fully saturated rings. The SMILES string of the molecule is NCCCCCCN.[Na].[Na].[Na].[Na]. The van der Waals surface area contributed by atoms with E-state index in [9.17, 15) is 0 Å². The van der Waals surface area contributed by atoms with Gasteiger partial charge in [-0.2, -0.15) is 0 Å². The first-order valence-electron chi connectivity index (χ1n) is 3.32. The van der Waals surface area contributed by atoms with Crippen molar-refractivity contribution in [3.8, 4) is 0 Å². The third-order valence-electron chi connectivity index (χ3n) is 1.16. The summed E-state index contributed by atoms with van der Waals surface area (Å²) in [6.45, 7) is 1.65. The first-order valence-corrected chi connectivity index (χ1v) is 3.32. The fourth-order valence-electron chi connectivity index (χ4n) is 0.642. The molecule has 0 unspecified atom stereocenters. The molecular weight excluding hydrogens is 192 g/mol. The van der Waals surface area contributed by atoms with Crippen LogP contribution in [0.5, 0.6) is 0 Å². The van der Waals surface area contributed by atoms with E-state index in [1.54, 1.807) is 0 Å². The topological polar surface area (TPSA) is 52.0 Å². The van der Waals surface area contributed by atoms with Gasteiger partial charge in [0.1, 0.15) is 0 Å². The fraction of sp³-hybridized carbons (Fsp3) is 1.00. The number of hydrogen-bond acceptors (Lipinski definition) is 2. The van der Waals surface area contributed by atoms with Crippen molar-refractivity contribution in [2.75, 3.05) is 13.1 Å². The zero-order chi connectivity index (χ0) is 6.24. The molecular formula is C6H16N2Na4. The minimum absolute atomic E-state index is 0. The summed E-state index contributed by atoms with van der Waals surface area (Å²) in [7, 11) is 0. The van der Waals surface area contributed by atoms with Gasteiger partial charge in [-0.1, -0.05) is 12.8 Å². The Morgan fingerprint density at radius 2 is 0.750 bits per heavy atom. The predicted molar refractivity (Wildman–Crippen MR) is 59.6 cm³/mol. The quantitative estimate of drug-likeness (QED) is 0.447. The van der Waals surface area contributed by atoms with Crippen LogP contribution in [0.3, 0.4) is 0 Å². The molecule has 0 rings (SSSR count). The average Bonchev–Trinajstić information content (AvgIpc) is 1.81.